The van der Waals surface area contributed by atoms with E-state index in [1.165, 1.54) is 22.3 Å². The highest BCUT2D eigenvalue weighted by Crippen LogP contribution is 2.58. The minimum atomic E-state index is -1.08. The Labute approximate surface area is 384 Å². The molecule has 5 aliphatic rings. The van der Waals surface area contributed by atoms with Crippen LogP contribution in [0.3, 0.4) is 0 Å². The van der Waals surface area contributed by atoms with Crippen LogP contribution in [0.15, 0.2) is 54.6 Å². The van der Waals surface area contributed by atoms with E-state index in [1.54, 1.807) is 53.7 Å². The number of likely N-dealkylation sites (N-methyl/N-ethyl adjacent to an activating group) is 1. The van der Waals surface area contributed by atoms with E-state index in [-0.39, 0.29) is 49.7 Å². The summed E-state index contributed by atoms with van der Waals surface area (Å²) in [6.07, 6.45) is 0.120. The van der Waals surface area contributed by atoms with Gasteiger partial charge < -0.3 is 43.6 Å². The van der Waals surface area contributed by atoms with Gasteiger partial charge in [0, 0.05) is 58.9 Å². The second kappa shape index (κ2) is 17.6. The van der Waals surface area contributed by atoms with Gasteiger partial charge in [-0.3, -0.25) is 9.80 Å². The van der Waals surface area contributed by atoms with Crippen LogP contribution >= 0.6 is 11.8 Å². The molecule has 2 N–H and O–H groups in total. The molecule has 2 unspecified atom stereocenters. The summed E-state index contributed by atoms with van der Waals surface area (Å²) in [7, 11) is 5.20. The van der Waals surface area contributed by atoms with Gasteiger partial charge in [0.1, 0.15) is 30.0 Å². The van der Waals surface area contributed by atoms with Crippen LogP contribution in [0.25, 0.3) is 11.1 Å². The lowest BCUT2D eigenvalue weighted by Gasteiger charge is -2.59. The van der Waals surface area contributed by atoms with Crippen molar-refractivity contribution in [3.63, 3.8) is 0 Å². The van der Waals surface area contributed by atoms with Crippen molar-refractivity contribution >= 4 is 23.8 Å². The predicted molar refractivity (Wildman–Crippen MR) is 244 cm³/mol. The molecule has 4 aromatic carbocycles. The number of phenols is 1. The highest BCUT2D eigenvalue weighted by atomic mass is 32.2. The molecular formula is C50H56N4O10S. The number of fused-ring (bicyclic) bond motifs is 12. The Morgan fingerprint density at radius 2 is 1.68 bits per heavy atom. The summed E-state index contributed by atoms with van der Waals surface area (Å²) in [6, 6.07) is 17.9. The second-order valence-electron chi connectivity index (χ2n) is 18.4. The molecule has 4 aromatic rings. The van der Waals surface area contributed by atoms with Gasteiger partial charge in [0.2, 0.25) is 6.79 Å². The molecule has 0 spiro atoms. The van der Waals surface area contributed by atoms with Crippen molar-refractivity contribution in [2.45, 2.75) is 95.2 Å². The molecule has 1 saturated heterocycles. The second-order valence-corrected chi connectivity index (χ2v) is 19.5. The summed E-state index contributed by atoms with van der Waals surface area (Å²) in [4.78, 5) is 32.3. The standard InChI is InChI=1S/C50H56N4O10S/c1-26-17-28-18-36-38(20-51)54-37(42(53(36)6)40(28)46(44(26)59-8)61-24-58-7)19-33-41(47-45(62-25-63-47)27(2)43(33)55)39(54)21-60-48(56)35(52-49(57)64-50(3,4)5)23-65-22-34-31-15-11-9-13-29(31)30-14-10-12-16-32(30)34/h9-17,34-39,42,55H,18-19,21-25H2,1-8H3,(H,52,57)/t35-,36-,37?,38?,39+,42-/m1/s1. The monoisotopic (exact) mass is 904 g/mol. The fourth-order valence-corrected chi connectivity index (χ4v) is 12.1. The van der Waals surface area contributed by atoms with Crippen molar-refractivity contribution < 1.29 is 47.9 Å². The number of hydrogen-bond acceptors (Lipinski definition) is 14. The average Bonchev–Trinajstić information content (AvgIpc) is 3.89. The summed E-state index contributed by atoms with van der Waals surface area (Å²) in [6.45, 7) is 8.77. The first-order chi connectivity index (χ1) is 31.3. The van der Waals surface area contributed by atoms with E-state index in [2.05, 4.69) is 51.5 Å². The zero-order chi connectivity index (χ0) is 45.9. The SMILES string of the molecule is COCOc1c(OC)c(C)cc2c1[C@H]1C3Cc4c(O)c(C)c5c(c4[C@H](COC(=O)[C@@H](CSCC4c6ccccc6-c6ccccc64)NC(=O)OC(C)(C)C)N3C(C#N)[C@@H](C2)N1C)OCO5. The van der Waals surface area contributed by atoms with E-state index >= 15 is 0 Å². The van der Waals surface area contributed by atoms with Crippen molar-refractivity contribution in [3.05, 3.63) is 99.1 Å². The van der Waals surface area contributed by atoms with E-state index in [4.69, 9.17) is 33.2 Å². The van der Waals surface area contributed by atoms with E-state index < -0.39 is 41.8 Å². The molecule has 9 rings (SSSR count). The smallest absolute Gasteiger partial charge is 0.408 e. The molecule has 65 heavy (non-hydrogen) atoms. The largest absolute Gasteiger partial charge is 0.507 e. The maximum atomic E-state index is 14.6. The lowest BCUT2D eigenvalue weighted by atomic mass is 9.71. The van der Waals surface area contributed by atoms with Gasteiger partial charge in [-0.2, -0.15) is 17.0 Å². The Kier molecular flexibility index (Phi) is 12.1. The first-order valence-electron chi connectivity index (χ1n) is 22.0. The van der Waals surface area contributed by atoms with Gasteiger partial charge in [0.05, 0.1) is 25.3 Å². The van der Waals surface area contributed by atoms with Crippen LogP contribution in [0.2, 0.25) is 0 Å². The first kappa shape index (κ1) is 44.5. The molecule has 2 bridgehead atoms. The average molecular weight is 905 g/mol. The van der Waals surface area contributed by atoms with Crippen LogP contribution in [-0.2, 0) is 31.8 Å². The number of esters is 1. The van der Waals surface area contributed by atoms with Crippen molar-refractivity contribution in [3.8, 4) is 45.9 Å². The van der Waals surface area contributed by atoms with Gasteiger partial charge in [0.25, 0.3) is 0 Å². The third kappa shape index (κ3) is 7.77. The van der Waals surface area contributed by atoms with E-state index in [9.17, 15) is 20.0 Å². The molecular weight excluding hydrogens is 849 g/mol. The number of nitriles is 1. The lowest BCUT2D eigenvalue weighted by molar-refractivity contribution is -0.151. The number of carbonyl (C=O) groups is 2. The fraction of sp³-hybridized carbons (Fsp3) is 0.460. The first-order valence-corrected chi connectivity index (χ1v) is 23.2. The van der Waals surface area contributed by atoms with Crippen molar-refractivity contribution in [1.29, 1.82) is 5.26 Å². The Morgan fingerprint density at radius 3 is 2.34 bits per heavy atom. The molecule has 6 atom stereocenters. The third-order valence-corrected chi connectivity index (χ3v) is 14.6. The summed E-state index contributed by atoms with van der Waals surface area (Å²) >= 11 is 1.55. The molecule has 1 aliphatic carbocycles. The van der Waals surface area contributed by atoms with Crippen LogP contribution in [-0.4, -0.2) is 110 Å². The van der Waals surface area contributed by atoms with Crippen LogP contribution in [0, 0.1) is 25.2 Å². The minimum Gasteiger partial charge on any atom is -0.507 e. The summed E-state index contributed by atoms with van der Waals surface area (Å²) in [5.41, 5.74) is 8.66. The van der Waals surface area contributed by atoms with Crippen LogP contribution in [0.5, 0.6) is 28.7 Å². The lowest BCUT2D eigenvalue weighted by Crippen LogP contribution is -2.68. The molecule has 1 amide bonds. The number of hydrogen-bond donors (Lipinski definition) is 2. The number of aryl methyl sites for hydroxylation is 1. The van der Waals surface area contributed by atoms with Gasteiger partial charge in [-0.1, -0.05) is 54.6 Å². The molecule has 4 heterocycles. The van der Waals surface area contributed by atoms with Gasteiger partial charge in [-0.15, -0.1) is 0 Å². The number of ether oxygens (including phenoxy) is 7. The Hall–Kier alpha value is -5.66. The molecule has 4 aliphatic heterocycles. The number of rotatable bonds is 12. The topological polar surface area (TPSA) is 161 Å². The number of aromatic hydroxyl groups is 1. The van der Waals surface area contributed by atoms with Gasteiger partial charge in [-0.05, 0) is 87.9 Å². The van der Waals surface area contributed by atoms with Crippen molar-refractivity contribution in [2.24, 2.45) is 0 Å². The van der Waals surface area contributed by atoms with Gasteiger partial charge in [0.15, 0.2) is 29.8 Å². The summed E-state index contributed by atoms with van der Waals surface area (Å²) in [5, 5.41) is 26.0. The van der Waals surface area contributed by atoms with Gasteiger partial charge >= 0.3 is 12.1 Å². The number of nitrogens with zero attached hydrogens (tertiary/aromatic N) is 3. The number of carbonyl (C=O) groups excluding carboxylic acids is 2. The number of piperazine rings is 1. The maximum Gasteiger partial charge on any atom is 0.408 e. The highest BCUT2D eigenvalue weighted by molar-refractivity contribution is 7.99. The van der Waals surface area contributed by atoms with Crippen LogP contribution in [0.4, 0.5) is 4.79 Å². The molecule has 1 fully saturated rings. The Bertz CT molecular complexity index is 2530. The minimum absolute atomic E-state index is 0.00971. The Balaban J connectivity index is 1.07. The van der Waals surface area contributed by atoms with Crippen molar-refractivity contribution in [2.75, 3.05) is 53.0 Å². The summed E-state index contributed by atoms with van der Waals surface area (Å²) < 4.78 is 41.8. The number of alkyl carbamates (subject to hydrolysis) is 1. The van der Waals surface area contributed by atoms with E-state index in [0.717, 1.165) is 16.7 Å². The number of nitrogens with one attached hydrogen (secondary N) is 1. The number of phenolic OH excluding ortho intramolecular Hbond substituents is 1. The molecule has 0 saturated carbocycles. The normalized spacial score (nSPS) is 22.0. The quantitative estimate of drug-likeness (QED) is 0.106. The number of methoxy groups -OCH3 is 2. The van der Waals surface area contributed by atoms with Crippen molar-refractivity contribution in [1.82, 2.24) is 15.1 Å². The number of benzene rings is 4. The molecule has 0 radical (unpaired) electrons. The van der Waals surface area contributed by atoms with Gasteiger partial charge in [-0.25, -0.2) is 9.59 Å². The predicted octanol–water partition coefficient (Wildman–Crippen LogP) is 7.48. The Morgan fingerprint density at radius 1 is 0.985 bits per heavy atom. The number of thioether (sulfide) groups is 1. The number of amides is 1. The maximum absolute atomic E-state index is 14.6. The molecule has 0 aromatic heterocycles. The molecule has 14 nitrogen and oxygen atoms in total. The van der Waals surface area contributed by atoms with E-state index in [0.29, 0.717) is 58.3 Å². The zero-order valence-corrected chi connectivity index (χ0v) is 38.9. The zero-order valence-electron chi connectivity index (χ0n) is 38.1. The summed E-state index contributed by atoms with van der Waals surface area (Å²) in [5.74, 6) is 2.37. The molecule has 15 heteroatoms. The highest BCUT2D eigenvalue weighted by Gasteiger charge is 2.57. The van der Waals surface area contributed by atoms with E-state index in [1.807, 2.05) is 38.2 Å². The fourth-order valence-electron chi connectivity index (χ4n) is 10.9. The van der Waals surface area contributed by atoms with Crippen LogP contribution in [0.1, 0.15) is 83.3 Å². The molecule has 342 valence electrons. The van der Waals surface area contributed by atoms with Crippen LogP contribution < -0.4 is 24.3 Å². The third-order valence-electron chi connectivity index (χ3n) is 13.5.